The maximum atomic E-state index is 5.83. The molecule has 1 aromatic rings. The van der Waals surface area contributed by atoms with Gasteiger partial charge in [0.1, 0.15) is 5.03 Å². The number of hydrogen-bond acceptors (Lipinski definition) is 4. The van der Waals surface area contributed by atoms with Crippen LogP contribution >= 0.6 is 35.0 Å². The van der Waals surface area contributed by atoms with Gasteiger partial charge in [-0.3, -0.25) is 0 Å². The number of rotatable bonds is 3. The molecular weight excluding hydrogens is 241 g/mol. The minimum absolute atomic E-state index is 0.132. The molecular formula is C8H11Cl2N3S. The van der Waals surface area contributed by atoms with Crippen molar-refractivity contribution in [3.8, 4) is 0 Å². The first-order valence-electron chi connectivity index (χ1n) is 4.23. The van der Waals surface area contributed by atoms with Crippen LogP contribution in [0.3, 0.4) is 0 Å². The zero-order valence-electron chi connectivity index (χ0n) is 8.16. The first-order chi connectivity index (χ1) is 6.50. The van der Waals surface area contributed by atoms with Gasteiger partial charge in [0.15, 0.2) is 5.15 Å². The molecule has 1 rings (SSSR count). The second-order valence-electron chi connectivity index (χ2n) is 3.24. The van der Waals surface area contributed by atoms with Gasteiger partial charge in [-0.1, -0.05) is 44.1 Å². The van der Waals surface area contributed by atoms with Crippen LogP contribution in [0.25, 0.3) is 0 Å². The maximum absolute atomic E-state index is 5.83. The van der Waals surface area contributed by atoms with Gasteiger partial charge in [-0.05, 0) is 17.5 Å². The van der Waals surface area contributed by atoms with Crippen molar-refractivity contribution in [1.29, 1.82) is 0 Å². The summed E-state index contributed by atoms with van der Waals surface area (Å²) < 4.78 is 0. The Balaban J connectivity index is 2.80. The van der Waals surface area contributed by atoms with E-state index >= 15 is 0 Å². The van der Waals surface area contributed by atoms with Crippen molar-refractivity contribution in [1.82, 2.24) is 15.2 Å². The summed E-state index contributed by atoms with van der Waals surface area (Å²) in [5.74, 6) is 0.546. The molecule has 1 aromatic heterocycles. The summed E-state index contributed by atoms with van der Waals surface area (Å²) >= 11 is 13.0. The molecule has 6 heteroatoms. The molecule has 0 amide bonds. The minimum atomic E-state index is 0.132. The zero-order valence-corrected chi connectivity index (χ0v) is 10.5. The van der Waals surface area contributed by atoms with E-state index in [0.717, 1.165) is 0 Å². The highest BCUT2D eigenvalue weighted by Crippen LogP contribution is 2.30. The number of halogens is 2. The number of hydrogen-bond donors (Lipinski definition) is 0. The quantitative estimate of drug-likeness (QED) is 0.773. The summed E-state index contributed by atoms with van der Waals surface area (Å²) in [5, 5.41) is 8.75. The van der Waals surface area contributed by atoms with Crippen LogP contribution < -0.4 is 0 Å². The second kappa shape index (κ2) is 5.14. The van der Waals surface area contributed by atoms with Crippen molar-refractivity contribution < 1.29 is 0 Å². The van der Waals surface area contributed by atoms with Gasteiger partial charge in [0.05, 0.1) is 0 Å². The van der Waals surface area contributed by atoms with E-state index in [2.05, 4.69) is 36.0 Å². The van der Waals surface area contributed by atoms with Gasteiger partial charge in [-0.2, -0.15) is 0 Å². The summed E-state index contributed by atoms with van der Waals surface area (Å²) in [5.41, 5.74) is 0. The number of nitrogens with zero attached hydrogens (tertiary/aromatic N) is 3. The summed E-state index contributed by atoms with van der Waals surface area (Å²) in [7, 11) is 0. The van der Waals surface area contributed by atoms with E-state index in [1.165, 1.54) is 0 Å². The third kappa shape index (κ3) is 3.26. The summed E-state index contributed by atoms with van der Waals surface area (Å²) in [6.07, 6.45) is 0. The van der Waals surface area contributed by atoms with Crippen LogP contribution in [0.5, 0.6) is 0 Å². The third-order valence-electron chi connectivity index (χ3n) is 1.83. The summed E-state index contributed by atoms with van der Waals surface area (Å²) in [6, 6.07) is 0. The molecule has 1 unspecified atom stereocenters. The third-order valence-corrected chi connectivity index (χ3v) is 3.78. The Kier molecular flexibility index (Phi) is 4.41. The van der Waals surface area contributed by atoms with E-state index in [1.807, 2.05) is 0 Å². The van der Waals surface area contributed by atoms with Crippen molar-refractivity contribution in [2.24, 2.45) is 5.92 Å². The lowest BCUT2D eigenvalue weighted by atomic mass is 10.2. The number of aromatic nitrogens is 3. The van der Waals surface area contributed by atoms with Gasteiger partial charge >= 0.3 is 0 Å². The Bertz CT molecular complexity index is 319. The van der Waals surface area contributed by atoms with Crippen molar-refractivity contribution in [3.63, 3.8) is 0 Å². The van der Waals surface area contributed by atoms with Crippen molar-refractivity contribution in [2.45, 2.75) is 31.0 Å². The normalized spacial score (nSPS) is 13.3. The highest BCUT2D eigenvalue weighted by atomic mass is 35.5. The van der Waals surface area contributed by atoms with Crippen LogP contribution in [-0.2, 0) is 0 Å². The van der Waals surface area contributed by atoms with Crippen LogP contribution in [-0.4, -0.2) is 20.4 Å². The zero-order chi connectivity index (χ0) is 10.7. The first kappa shape index (κ1) is 12.0. The fourth-order valence-corrected chi connectivity index (χ4v) is 1.96. The van der Waals surface area contributed by atoms with Crippen molar-refractivity contribution in [3.05, 3.63) is 10.4 Å². The Morgan fingerprint density at radius 2 is 1.79 bits per heavy atom. The topological polar surface area (TPSA) is 38.7 Å². The summed E-state index contributed by atoms with van der Waals surface area (Å²) in [4.78, 5) is 4.02. The van der Waals surface area contributed by atoms with E-state index in [9.17, 15) is 0 Å². The SMILES string of the molecule is CC(C)C(C)Sc1nc(Cl)nnc1Cl. The average molecular weight is 252 g/mol. The largest absolute Gasteiger partial charge is 0.244 e. The lowest BCUT2D eigenvalue weighted by Crippen LogP contribution is -2.06. The smallest absolute Gasteiger partial charge is 0.207 e. The molecule has 0 bridgehead atoms. The van der Waals surface area contributed by atoms with Crippen LogP contribution in [0, 0.1) is 5.92 Å². The maximum Gasteiger partial charge on any atom is 0.244 e. The summed E-state index contributed by atoms with van der Waals surface area (Å²) in [6.45, 7) is 6.39. The molecule has 3 nitrogen and oxygen atoms in total. The molecule has 1 atom stereocenters. The Labute approximate surface area is 97.6 Å². The highest BCUT2D eigenvalue weighted by Gasteiger charge is 2.14. The van der Waals surface area contributed by atoms with E-state index in [1.54, 1.807) is 11.8 Å². The van der Waals surface area contributed by atoms with Crippen molar-refractivity contribution >= 4 is 35.0 Å². The van der Waals surface area contributed by atoms with Gasteiger partial charge in [-0.15, -0.1) is 10.2 Å². The van der Waals surface area contributed by atoms with E-state index in [-0.39, 0.29) is 5.28 Å². The fraction of sp³-hybridized carbons (Fsp3) is 0.625. The van der Waals surface area contributed by atoms with Crippen LogP contribution in [0.1, 0.15) is 20.8 Å². The molecule has 78 valence electrons. The molecule has 0 aliphatic heterocycles. The van der Waals surface area contributed by atoms with E-state index < -0.39 is 0 Å². The lowest BCUT2D eigenvalue weighted by molar-refractivity contribution is 0.641. The molecule has 0 radical (unpaired) electrons. The molecule has 1 heterocycles. The predicted molar refractivity (Wildman–Crippen MR) is 60.0 cm³/mol. The first-order valence-corrected chi connectivity index (χ1v) is 5.86. The Morgan fingerprint density at radius 1 is 1.14 bits per heavy atom. The molecule has 0 saturated heterocycles. The average Bonchev–Trinajstić information content (AvgIpc) is 2.11. The van der Waals surface area contributed by atoms with Gasteiger partial charge in [0.2, 0.25) is 5.28 Å². The van der Waals surface area contributed by atoms with Gasteiger partial charge < -0.3 is 0 Å². The van der Waals surface area contributed by atoms with Crippen LogP contribution in [0.4, 0.5) is 0 Å². The Morgan fingerprint density at radius 3 is 2.36 bits per heavy atom. The molecule has 0 aliphatic rings. The van der Waals surface area contributed by atoms with E-state index in [0.29, 0.717) is 21.3 Å². The second-order valence-corrected chi connectivity index (χ2v) is 5.31. The van der Waals surface area contributed by atoms with E-state index in [4.69, 9.17) is 23.2 Å². The van der Waals surface area contributed by atoms with Crippen LogP contribution in [0.15, 0.2) is 5.03 Å². The Hall–Kier alpha value is -0.0600. The van der Waals surface area contributed by atoms with Crippen molar-refractivity contribution in [2.75, 3.05) is 0 Å². The van der Waals surface area contributed by atoms with Crippen LogP contribution in [0.2, 0.25) is 10.4 Å². The molecule has 0 aromatic carbocycles. The van der Waals surface area contributed by atoms with Gasteiger partial charge in [-0.25, -0.2) is 4.98 Å². The molecule has 0 fully saturated rings. The molecule has 0 spiro atoms. The molecule has 0 aliphatic carbocycles. The standard InChI is InChI=1S/C8H11Cl2N3S/c1-4(2)5(3)14-7-6(9)12-13-8(10)11-7/h4-5H,1-3H3. The van der Waals surface area contributed by atoms with Gasteiger partial charge in [0.25, 0.3) is 0 Å². The highest BCUT2D eigenvalue weighted by molar-refractivity contribution is 7.99. The predicted octanol–water partition coefficient (Wildman–Crippen LogP) is 3.32. The van der Waals surface area contributed by atoms with Gasteiger partial charge in [0, 0.05) is 5.25 Å². The molecule has 14 heavy (non-hydrogen) atoms. The minimum Gasteiger partial charge on any atom is -0.207 e. The number of thioether (sulfide) groups is 1. The fourth-order valence-electron chi connectivity index (χ4n) is 0.667. The molecule has 0 saturated carbocycles. The monoisotopic (exact) mass is 251 g/mol. The lowest BCUT2D eigenvalue weighted by Gasteiger charge is -2.14. The molecule has 0 N–H and O–H groups in total.